The molecule has 1 rings (SSSR count). The highest BCUT2D eigenvalue weighted by atomic mass is 19.1. The second-order valence-corrected chi connectivity index (χ2v) is 4.41. The third-order valence-corrected chi connectivity index (χ3v) is 2.80. The highest BCUT2D eigenvalue weighted by molar-refractivity contribution is 5.69. The molecule has 0 fully saturated rings. The van der Waals surface area contributed by atoms with Crippen molar-refractivity contribution < 1.29 is 23.0 Å². The van der Waals surface area contributed by atoms with Crippen molar-refractivity contribution in [3.63, 3.8) is 0 Å². The van der Waals surface area contributed by atoms with Gasteiger partial charge in [-0.3, -0.25) is 4.79 Å². The molecule has 0 spiro atoms. The molecule has 3 nitrogen and oxygen atoms in total. The lowest BCUT2D eigenvalue weighted by molar-refractivity contribution is -0.150. The van der Waals surface area contributed by atoms with E-state index in [4.69, 9.17) is 9.47 Å². The number of carbonyl (C=O) groups is 1. The van der Waals surface area contributed by atoms with Gasteiger partial charge in [0.2, 0.25) is 0 Å². The van der Waals surface area contributed by atoms with Gasteiger partial charge in [0, 0.05) is 18.4 Å². The third kappa shape index (κ3) is 4.85. The van der Waals surface area contributed by atoms with E-state index in [0.717, 1.165) is 12.1 Å². The van der Waals surface area contributed by atoms with Gasteiger partial charge in [0.1, 0.15) is 11.9 Å². The van der Waals surface area contributed by atoms with Gasteiger partial charge in [-0.15, -0.1) is 0 Å². The average Bonchev–Trinajstić information content (AvgIpc) is 2.37. The molecule has 1 aromatic carbocycles. The summed E-state index contributed by atoms with van der Waals surface area (Å²) in [6.45, 7) is 5.47. The molecule has 19 heavy (non-hydrogen) atoms. The van der Waals surface area contributed by atoms with Crippen LogP contribution in [0.5, 0.6) is 5.75 Å². The number of hydrogen-bond donors (Lipinski definition) is 0. The summed E-state index contributed by atoms with van der Waals surface area (Å²) >= 11 is 0. The molecule has 0 radical (unpaired) electrons. The normalized spacial score (nSPS) is 13.7. The zero-order chi connectivity index (χ0) is 14.4. The van der Waals surface area contributed by atoms with Crippen LogP contribution in [0.25, 0.3) is 0 Å². The number of hydrogen-bond acceptors (Lipinski definition) is 3. The van der Waals surface area contributed by atoms with E-state index in [9.17, 15) is 13.6 Å². The number of esters is 1. The van der Waals surface area contributed by atoms with E-state index in [1.54, 1.807) is 13.8 Å². The number of halogens is 2. The van der Waals surface area contributed by atoms with Crippen LogP contribution >= 0.6 is 0 Å². The summed E-state index contributed by atoms with van der Waals surface area (Å²) in [7, 11) is 0. The Kier molecular flexibility index (Phi) is 5.73. The van der Waals surface area contributed by atoms with Crippen molar-refractivity contribution in [2.75, 3.05) is 6.61 Å². The Morgan fingerprint density at radius 2 is 2.00 bits per heavy atom. The molecule has 5 heteroatoms. The summed E-state index contributed by atoms with van der Waals surface area (Å²) in [6, 6.07) is 3.13. The largest absolute Gasteiger partial charge is 0.490 e. The van der Waals surface area contributed by atoms with Crippen LogP contribution in [0.4, 0.5) is 8.78 Å². The lowest BCUT2D eigenvalue weighted by Gasteiger charge is -2.20. The molecule has 2 atom stereocenters. The Balaban J connectivity index is 2.49. The van der Waals surface area contributed by atoms with Gasteiger partial charge in [0.15, 0.2) is 11.6 Å². The van der Waals surface area contributed by atoms with E-state index in [0.29, 0.717) is 6.42 Å². The molecule has 0 aromatic heterocycles. The molecular weight excluding hydrogens is 254 g/mol. The monoisotopic (exact) mass is 272 g/mol. The van der Waals surface area contributed by atoms with Crippen molar-refractivity contribution in [3.8, 4) is 5.75 Å². The first kappa shape index (κ1) is 15.4. The van der Waals surface area contributed by atoms with Gasteiger partial charge in [0.05, 0.1) is 6.61 Å². The quantitative estimate of drug-likeness (QED) is 0.745. The van der Waals surface area contributed by atoms with E-state index >= 15 is 0 Å². The van der Waals surface area contributed by atoms with Crippen LogP contribution in [0.1, 0.15) is 27.2 Å². The second kappa shape index (κ2) is 7.07. The summed E-state index contributed by atoms with van der Waals surface area (Å²) < 4.78 is 36.4. The molecule has 0 saturated carbocycles. The fourth-order valence-electron chi connectivity index (χ4n) is 1.36. The number of ether oxygens (including phenoxy) is 2. The van der Waals surface area contributed by atoms with E-state index in [1.807, 2.05) is 6.92 Å². The van der Waals surface area contributed by atoms with Gasteiger partial charge in [-0.25, -0.2) is 8.78 Å². The highest BCUT2D eigenvalue weighted by Crippen LogP contribution is 2.19. The van der Waals surface area contributed by atoms with Crippen LogP contribution in [0.2, 0.25) is 0 Å². The van der Waals surface area contributed by atoms with Gasteiger partial charge in [-0.1, -0.05) is 13.8 Å². The lowest BCUT2D eigenvalue weighted by Crippen LogP contribution is -2.26. The summed E-state index contributed by atoms with van der Waals surface area (Å²) in [6.07, 6.45) is -0.0132. The van der Waals surface area contributed by atoms with Crippen molar-refractivity contribution in [3.05, 3.63) is 29.8 Å². The van der Waals surface area contributed by atoms with Crippen LogP contribution in [0.3, 0.4) is 0 Å². The van der Waals surface area contributed by atoms with Gasteiger partial charge in [-0.05, 0) is 19.1 Å². The summed E-state index contributed by atoms with van der Waals surface area (Å²) in [4.78, 5) is 11.1. The van der Waals surface area contributed by atoms with Crippen LogP contribution in [-0.2, 0) is 9.53 Å². The van der Waals surface area contributed by atoms with E-state index < -0.39 is 11.6 Å². The Hall–Kier alpha value is -1.65. The molecule has 2 unspecified atom stereocenters. The smallest absolute Gasteiger partial charge is 0.305 e. The molecule has 106 valence electrons. The zero-order valence-corrected chi connectivity index (χ0v) is 11.3. The molecule has 0 saturated heterocycles. The van der Waals surface area contributed by atoms with E-state index in [-0.39, 0.29) is 30.3 Å². The van der Waals surface area contributed by atoms with Crippen LogP contribution < -0.4 is 4.74 Å². The van der Waals surface area contributed by atoms with E-state index in [1.165, 1.54) is 6.07 Å². The first-order valence-electron chi connectivity index (χ1n) is 6.21. The summed E-state index contributed by atoms with van der Waals surface area (Å²) in [5.74, 6) is -1.79. The number of benzene rings is 1. The van der Waals surface area contributed by atoms with Gasteiger partial charge in [-0.2, -0.15) is 0 Å². The summed E-state index contributed by atoms with van der Waals surface area (Å²) in [5, 5.41) is 0. The Morgan fingerprint density at radius 3 is 2.58 bits per heavy atom. The first-order chi connectivity index (χ1) is 8.93. The third-order valence-electron chi connectivity index (χ3n) is 2.80. The molecule has 0 aliphatic heterocycles. The Labute approximate surface area is 111 Å². The van der Waals surface area contributed by atoms with Crippen LogP contribution in [0, 0.1) is 17.6 Å². The van der Waals surface area contributed by atoms with Crippen molar-refractivity contribution >= 4 is 5.97 Å². The Morgan fingerprint density at radius 1 is 1.32 bits per heavy atom. The molecule has 0 heterocycles. The van der Waals surface area contributed by atoms with Gasteiger partial charge >= 0.3 is 5.97 Å². The molecule has 0 bridgehead atoms. The standard InChI is InChI=1S/C14H18F2O3/c1-4-14(17)19-10(3)9(2)8-18-13-6-5-11(15)7-12(13)16/h5-7,9-10H,4,8H2,1-3H3. The minimum Gasteiger partial charge on any atom is -0.490 e. The van der Waals surface area contributed by atoms with Crippen molar-refractivity contribution in [1.29, 1.82) is 0 Å². The molecule has 0 aliphatic carbocycles. The van der Waals surface area contributed by atoms with Gasteiger partial charge < -0.3 is 9.47 Å². The molecular formula is C14H18F2O3. The fourth-order valence-corrected chi connectivity index (χ4v) is 1.36. The Bertz CT molecular complexity index is 435. The van der Waals surface area contributed by atoms with Crippen molar-refractivity contribution in [1.82, 2.24) is 0 Å². The van der Waals surface area contributed by atoms with E-state index in [2.05, 4.69) is 0 Å². The maximum Gasteiger partial charge on any atom is 0.305 e. The number of carbonyl (C=O) groups excluding carboxylic acids is 1. The second-order valence-electron chi connectivity index (χ2n) is 4.41. The predicted octanol–water partition coefficient (Wildman–Crippen LogP) is 3.32. The highest BCUT2D eigenvalue weighted by Gasteiger charge is 2.17. The maximum absolute atomic E-state index is 13.3. The van der Waals surface area contributed by atoms with Crippen LogP contribution in [0.15, 0.2) is 18.2 Å². The molecule has 1 aromatic rings. The zero-order valence-electron chi connectivity index (χ0n) is 11.3. The minimum atomic E-state index is -0.745. The molecule has 0 amide bonds. The number of rotatable bonds is 6. The fraction of sp³-hybridized carbons (Fsp3) is 0.500. The minimum absolute atomic E-state index is 0.0118. The SMILES string of the molecule is CCC(=O)OC(C)C(C)COc1ccc(F)cc1F. The topological polar surface area (TPSA) is 35.5 Å². The van der Waals surface area contributed by atoms with Crippen molar-refractivity contribution in [2.45, 2.75) is 33.3 Å². The molecule has 0 aliphatic rings. The van der Waals surface area contributed by atoms with Gasteiger partial charge in [0.25, 0.3) is 0 Å². The summed E-state index contributed by atoms with van der Waals surface area (Å²) in [5.41, 5.74) is 0. The van der Waals surface area contributed by atoms with Crippen molar-refractivity contribution in [2.24, 2.45) is 5.92 Å². The predicted molar refractivity (Wildman–Crippen MR) is 66.9 cm³/mol. The van der Waals surface area contributed by atoms with Crippen LogP contribution in [-0.4, -0.2) is 18.7 Å². The molecule has 0 N–H and O–H groups in total. The lowest BCUT2D eigenvalue weighted by atomic mass is 10.1. The maximum atomic E-state index is 13.3. The average molecular weight is 272 g/mol. The first-order valence-corrected chi connectivity index (χ1v) is 6.21.